The Labute approximate surface area is 70.2 Å². The highest BCUT2D eigenvalue weighted by molar-refractivity contribution is 6.29. The van der Waals surface area contributed by atoms with Gasteiger partial charge in [-0.1, -0.05) is 17.5 Å². The summed E-state index contributed by atoms with van der Waals surface area (Å²) in [6, 6.07) is 3.31. The number of aromatic nitrogens is 1. The molecule has 0 aliphatic heterocycles. The minimum atomic E-state index is 0.376. The molecule has 0 saturated heterocycles. The fourth-order valence-corrected chi connectivity index (χ4v) is 0.823. The lowest BCUT2D eigenvalue weighted by Crippen LogP contribution is -1.91. The Morgan fingerprint density at radius 3 is 2.91 bits per heavy atom. The first kappa shape index (κ1) is 7.90. The standard InChI is InChI=1S/C8H6ClNO/c1-3-6-4-5-7(9)10-8(6)11-2/h1,4-5H,2H3. The van der Waals surface area contributed by atoms with Crippen molar-refractivity contribution in [2.24, 2.45) is 0 Å². The third kappa shape index (κ3) is 1.63. The number of methoxy groups -OCH3 is 1. The van der Waals surface area contributed by atoms with Crippen LogP contribution in [-0.2, 0) is 0 Å². The smallest absolute Gasteiger partial charge is 0.230 e. The van der Waals surface area contributed by atoms with Crippen LogP contribution in [0.5, 0.6) is 5.88 Å². The van der Waals surface area contributed by atoms with Crippen molar-refractivity contribution in [1.29, 1.82) is 0 Å². The van der Waals surface area contributed by atoms with Gasteiger partial charge in [0.15, 0.2) is 0 Å². The Morgan fingerprint density at radius 1 is 1.64 bits per heavy atom. The highest BCUT2D eigenvalue weighted by atomic mass is 35.5. The van der Waals surface area contributed by atoms with E-state index in [0.717, 1.165) is 0 Å². The number of nitrogens with zero attached hydrogens (tertiary/aromatic N) is 1. The number of rotatable bonds is 1. The number of pyridine rings is 1. The molecule has 0 aliphatic rings. The molecule has 0 radical (unpaired) electrons. The molecular formula is C8H6ClNO. The molecule has 0 N–H and O–H groups in total. The van der Waals surface area contributed by atoms with Crippen molar-refractivity contribution in [2.75, 3.05) is 7.11 Å². The molecule has 1 rings (SSSR count). The Balaban J connectivity index is 3.19. The van der Waals surface area contributed by atoms with E-state index >= 15 is 0 Å². The lowest BCUT2D eigenvalue weighted by atomic mass is 10.3. The Kier molecular flexibility index (Phi) is 2.35. The van der Waals surface area contributed by atoms with Gasteiger partial charge < -0.3 is 4.74 Å². The molecule has 56 valence electrons. The second-order valence-electron chi connectivity index (χ2n) is 1.84. The van der Waals surface area contributed by atoms with Crippen LogP contribution in [0.3, 0.4) is 0 Å². The molecule has 3 heteroatoms. The van der Waals surface area contributed by atoms with Gasteiger partial charge in [-0.25, -0.2) is 4.98 Å². The van der Waals surface area contributed by atoms with Gasteiger partial charge in [-0.2, -0.15) is 0 Å². The Morgan fingerprint density at radius 2 is 2.36 bits per heavy atom. The zero-order valence-corrected chi connectivity index (χ0v) is 6.72. The third-order valence-corrected chi connectivity index (χ3v) is 1.39. The quantitative estimate of drug-likeness (QED) is 0.470. The zero-order valence-electron chi connectivity index (χ0n) is 5.97. The lowest BCUT2D eigenvalue weighted by Gasteiger charge is -2.00. The largest absolute Gasteiger partial charge is 0.480 e. The molecule has 2 nitrogen and oxygen atoms in total. The van der Waals surface area contributed by atoms with E-state index in [2.05, 4.69) is 10.9 Å². The van der Waals surface area contributed by atoms with E-state index in [-0.39, 0.29) is 0 Å². The van der Waals surface area contributed by atoms with Crippen LogP contribution in [-0.4, -0.2) is 12.1 Å². The predicted octanol–water partition coefficient (Wildman–Crippen LogP) is 1.72. The second kappa shape index (κ2) is 3.27. The SMILES string of the molecule is C#Cc1ccc(Cl)nc1OC. The van der Waals surface area contributed by atoms with Gasteiger partial charge in [0.1, 0.15) is 5.15 Å². The van der Waals surface area contributed by atoms with Crippen LogP contribution in [0.1, 0.15) is 5.56 Å². The van der Waals surface area contributed by atoms with Gasteiger partial charge in [-0.15, -0.1) is 6.42 Å². The highest BCUT2D eigenvalue weighted by Gasteiger charge is 2.00. The van der Waals surface area contributed by atoms with Gasteiger partial charge in [-0.05, 0) is 12.1 Å². The van der Waals surface area contributed by atoms with Gasteiger partial charge in [-0.3, -0.25) is 0 Å². The van der Waals surface area contributed by atoms with Crippen LogP contribution in [0, 0.1) is 12.3 Å². The maximum atomic E-state index is 5.59. The number of hydrogen-bond donors (Lipinski definition) is 0. The van der Waals surface area contributed by atoms with E-state index in [4.69, 9.17) is 22.8 Å². The van der Waals surface area contributed by atoms with Crippen molar-refractivity contribution in [2.45, 2.75) is 0 Å². The monoisotopic (exact) mass is 167 g/mol. The van der Waals surface area contributed by atoms with Crippen LogP contribution >= 0.6 is 11.6 Å². The van der Waals surface area contributed by atoms with E-state index in [1.807, 2.05) is 0 Å². The summed E-state index contributed by atoms with van der Waals surface area (Å²) in [5, 5.41) is 0.376. The number of hydrogen-bond acceptors (Lipinski definition) is 2. The van der Waals surface area contributed by atoms with E-state index in [1.54, 1.807) is 12.1 Å². The van der Waals surface area contributed by atoms with Crippen LogP contribution in [0.25, 0.3) is 0 Å². The molecule has 0 atom stereocenters. The number of terminal acetylenes is 1. The summed E-state index contributed by atoms with van der Waals surface area (Å²) in [5.74, 6) is 2.82. The molecule has 1 aromatic heterocycles. The molecule has 0 saturated carbocycles. The van der Waals surface area contributed by atoms with E-state index in [0.29, 0.717) is 16.6 Å². The zero-order chi connectivity index (χ0) is 8.27. The third-order valence-electron chi connectivity index (χ3n) is 1.18. The second-order valence-corrected chi connectivity index (χ2v) is 2.22. The van der Waals surface area contributed by atoms with Crippen molar-refractivity contribution >= 4 is 11.6 Å². The Hall–Kier alpha value is -1.20. The molecule has 0 aromatic carbocycles. The summed E-state index contributed by atoms with van der Waals surface area (Å²) in [6.07, 6.45) is 5.16. The molecular weight excluding hydrogens is 162 g/mol. The number of halogens is 1. The first-order chi connectivity index (χ1) is 5.27. The normalized spacial score (nSPS) is 8.82. The van der Waals surface area contributed by atoms with Crippen molar-refractivity contribution in [3.05, 3.63) is 22.8 Å². The van der Waals surface area contributed by atoms with E-state index in [1.165, 1.54) is 7.11 Å². The van der Waals surface area contributed by atoms with E-state index in [9.17, 15) is 0 Å². The van der Waals surface area contributed by atoms with Crippen LogP contribution < -0.4 is 4.74 Å². The molecule has 11 heavy (non-hydrogen) atoms. The van der Waals surface area contributed by atoms with Crippen molar-refractivity contribution in [3.63, 3.8) is 0 Å². The van der Waals surface area contributed by atoms with Crippen LogP contribution in [0.4, 0.5) is 0 Å². The van der Waals surface area contributed by atoms with Crippen molar-refractivity contribution < 1.29 is 4.74 Å². The molecule has 0 bridgehead atoms. The summed E-state index contributed by atoms with van der Waals surface area (Å²) in [7, 11) is 1.50. The molecule has 0 unspecified atom stereocenters. The minimum Gasteiger partial charge on any atom is -0.480 e. The van der Waals surface area contributed by atoms with E-state index < -0.39 is 0 Å². The summed E-state index contributed by atoms with van der Waals surface area (Å²) < 4.78 is 4.88. The molecule has 1 heterocycles. The van der Waals surface area contributed by atoms with Gasteiger partial charge in [0.05, 0.1) is 12.7 Å². The summed E-state index contributed by atoms with van der Waals surface area (Å²) in [6.45, 7) is 0. The molecule has 1 aromatic rings. The summed E-state index contributed by atoms with van der Waals surface area (Å²) in [5.41, 5.74) is 0.608. The van der Waals surface area contributed by atoms with Gasteiger partial charge in [0.25, 0.3) is 0 Å². The maximum absolute atomic E-state index is 5.59. The first-order valence-corrected chi connectivity index (χ1v) is 3.33. The molecule has 0 fully saturated rings. The van der Waals surface area contributed by atoms with Crippen LogP contribution in [0.2, 0.25) is 5.15 Å². The average Bonchev–Trinajstić information content (AvgIpc) is 2.04. The van der Waals surface area contributed by atoms with Gasteiger partial charge in [0, 0.05) is 0 Å². The minimum absolute atomic E-state index is 0.376. The average molecular weight is 168 g/mol. The first-order valence-electron chi connectivity index (χ1n) is 2.95. The maximum Gasteiger partial charge on any atom is 0.230 e. The van der Waals surface area contributed by atoms with Crippen molar-refractivity contribution in [3.8, 4) is 18.2 Å². The molecule has 0 aliphatic carbocycles. The molecule has 0 spiro atoms. The molecule has 0 amide bonds. The lowest BCUT2D eigenvalue weighted by molar-refractivity contribution is 0.396. The Bertz CT molecular complexity index is 303. The summed E-state index contributed by atoms with van der Waals surface area (Å²) in [4.78, 5) is 3.86. The highest BCUT2D eigenvalue weighted by Crippen LogP contribution is 2.16. The van der Waals surface area contributed by atoms with Gasteiger partial charge in [0.2, 0.25) is 5.88 Å². The van der Waals surface area contributed by atoms with Crippen LogP contribution in [0.15, 0.2) is 12.1 Å². The topological polar surface area (TPSA) is 22.1 Å². The predicted molar refractivity (Wildman–Crippen MR) is 43.7 cm³/mol. The summed E-state index contributed by atoms with van der Waals surface area (Å²) >= 11 is 5.59. The fraction of sp³-hybridized carbons (Fsp3) is 0.125. The fourth-order valence-electron chi connectivity index (χ4n) is 0.683. The van der Waals surface area contributed by atoms with Gasteiger partial charge >= 0.3 is 0 Å². The van der Waals surface area contributed by atoms with Crippen molar-refractivity contribution in [1.82, 2.24) is 4.98 Å². The number of ether oxygens (including phenoxy) is 1.